The fourth-order valence-corrected chi connectivity index (χ4v) is 1.66. The molecule has 0 aromatic carbocycles. The SMILES string of the molecule is COC(=O)[C@H](C)N1CCC(C)(C)C1=O. The number of hydrogen-bond acceptors (Lipinski definition) is 3. The van der Waals surface area contributed by atoms with Crippen LogP contribution < -0.4 is 0 Å². The first-order valence-corrected chi connectivity index (χ1v) is 4.79. The van der Waals surface area contributed by atoms with Gasteiger partial charge in [0.1, 0.15) is 6.04 Å². The van der Waals surface area contributed by atoms with Crippen LogP contribution in [0.2, 0.25) is 0 Å². The van der Waals surface area contributed by atoms with E-state index >= 15 is 0 Å². The van der Waals surface area contributed by atoms with Crippen molar-refractivity contribution < 1.29 is 14.3 Å². The van der Waals surface area contributed by atoms with Gasteiger partial charge < -0.3 is 9.64 Å². The number of methoxy groups -OCH3 is 1. The molecule has 1 atom stereocenters. The van der Waals surface area contributed by atoms with Crippen molar-refractivity contribution in [3.8, 4) is 0 Å². The Morgan fingerprint density at radius 2 is 2.14 bits per heavy atom. The van der Waals surface area contributed by atoms with Gasteiger partial charge in [-0.1, -0.05) is 13.8 Å². The molecule has 4 heteroatoms. The van der Waals surface area contributed by atoms with Gasteiger partial charge in [-0.3, -0.25) is 4.79 Å². The first-order chi connectivity index (χ1) is 6.40. The molecular weight excluding hydrogens is 182 g/mol. The first kappa shape index (κ1) is 11.0. The highest BCUT2D eigenvalue weighted by Gasteiger charge is 2.42. The van der Waals surface area contributed by atoms with Crippen molar-refractivity contribution in [1.29, 1.82) is 0 Å². The quantitative estimate of drug-likeness (QED) is 0.618. The third-order valence-corrected chi connectivity index (χ3v) is 2.83. The molecule has 0 bridgehead atoms. The van der Waals surface area contributed by atoms with Gasteiger partial charge in [0.15, 0.2) is 0 Å². The molecule has 0 aromatic rings. The summed E-state index contributed by atoms with van der Waals surface area (Å²) in [6.45, 7) is 6.14. The molecule has 14 heavy (non-hydrogen) atoms. The fraction of sp³-hybridized carbons (Fsp3) is 0.800. The van der Waals surface area contributed by atoms with Crippen LogP contribution in [0.4, 0.5) is 0 Å². The van der Waals surface area contributed by atoms with Crippen LogP contribution in [-0.2, 0) is 14.3 Å². The largest absolute Gasteiger partial charge is 0.467 e. The average molecular weight is 199 g/mol. The number of rotatable bonds is 2. The van der Waals surface area contributed by atoms with Gasteiger partial charge in [-0.2, -0.15) is 0 Å². The molecule has 1 heterocycles. The van der Waals surface area contributed by atoms with E-state index in [0.717, 1.165) is 6.42 Å². The van der Waals surface area contributed by atoms with Gasteiger partial charge in [0.25, 0.3) is 0 Å². The Morgan fingerprint density at radius 1 is 1.57 bits per heavy atom. The van der Waals surface area contributed by atoms with E-state index in [0.29, 0.717) is 6.54 Å². The molecule has 1 saturated heterocycles. The number of nitrogens with zero attached hydrogens (tertiary/aromatic N) is 1. The van der Waals surface area contributed by atoms with E-state index in [9.17, 15) is 9.59 Å². The second-order valence-corrected chi connectivity index (χ2v) is 4.33. The Hall–Kier alpha value is -1.06. The highest BCUT2D eigenvalue weighted by atomic mass is 16.5. The highest BCUT2D eigenvalue weighted by molar-refractivity contribution is 5.89. The molecule has 0 aliphatic carbocycles. The van der Waals surface area contributed by atoms with Crippen molar-refractivity contribution in [3.63, 3.8) is 0 Å². The van der Waals surface area contributed by atoms with Gasteiger partial charge in [0.2, 0.25) is 5.91 Å². The highest BCUT2D eigenvalue weighted by Crippen LogP contribution is 2.31. The number of carbonyl (C=O) groups excluding carboxylic acids is 2. The predicted octanol–water partition coefficient (Wildman–Crippen LogP) is 0.806. The zero-order valence-electron chi connectivity index (χ0n) is 9.16. The van der Waals surface area contributed by atoms with Gasteiger partial charge >= 0.3 is 5.97 Å². The summed E-state index contributed by atoms with van der Waals surface area (Å²) in [5, 5.41) is 0. The van der Waals surface area contributed by atoms with E-state index < -0.39 is 6.04 Å². The summed E-state index contributed by atoms with van der Waals surface area (Å²) in [5.41, 5.74) is -0.331. The van der Waals surface area contributed by atoms with Crippen LogP contribution in [0.3, 0.4) is 0 Å². The van der Waals surface area contributed by atoms with Crippen molar-refractivity contribution in [1.82, 2.24) is 4.90 Å². The fourth-order valence-electron chi connectivity index (χ4n) is 1.66. The molecule has 4 nitrogen and oxygen atoms in total. The second kappa shape index (κ2) is 3.59. The van der Waals surface area contributed by atoms with E-state index in [1.54, 1.807) is 11.8 Å². The standard InChI is InChI=1S/C10H17NO3/c1-7(8(12)14-4)11-6-5-10(2,3)9(11)13/h7H,5-6H2,1-4H3/t7-/m0/s1. The van der Waals surface area contributed by atoms with E-state index in [2.05, 4.69) is 4.74 Å². The lowest BCUT2D eigenvalue weighted by Crippen LogP contribution is -2.42. The van der Waals surface area contributed by atoms with Gasteiger partial charge in [-0.15, -0.1) is 0 Å². The molecule has 0 radical (unpaired) electrons. The van der Waals surface area contributed by atoms with Gasteiger partial charge in [-0.05, 0) is 13.3 Å². The third kappa shape index (κ3) is 1.74. The maximum absolute atomic E-state index is 11.8. The van der Waals surface area contributed by atoms with Crippen molar-refractivity contribution in [2.75, 3.05) is 13.7 Å². The zero-order valence-corrected chi connectivity index (χ0v) is 9.16. The van der Waals surface area contributed by atoms with Crippen LogP contribution in [-0.4, -0.2) is 36.5 Å². The molecule has 1 rings (SSSR count). The molecule has 0 unspecified atom stereocenters. The monoisotopic (exact) mass is 199 g/mol. The van der Waals surface area contributed by atoms with Gasteiger partial charge in [0, 0.05) is 12.0 Å². The molecule has 0 saturated carbocycles. The maximum Gasteiger partial charge on any atom is 0.328 e. The number of hydrogen-bond donors (Lipinski definition) is 0. The van der Waals surface area contributed by atoms with Crippen molar-refractivity contribution >= 4 is 11.9 Å². The Balaban J connectivity index is 2.73. The van der Waals surface area contributed by atoms with Crippen LogP contribution in [0, 0.1) is 5.41 Å². The maximum atomic E-state index is 11.8. The number of esters is 1. The zero-order chi connectivity index (χ0) is 10.9. The molecule has 1 fully saturated rings. The molecule has 0 aromatic heterocycles. The minimum Gasteiger partial charge on any atom is -0.467 e. The van der Waals surface area contributed by atoms with Gasteiger partial charge in [0.05, 0.1) is 7.11 Å². The van der Waals surface area contributed by atoms with Crippen LogP contribution >= 0.6 is 0 Å². The Labute approximate surface area is 84.2 Å². The topological polar surface area (TPSA) is 46.6 Å². The minimum atomic E-state index is -0.464. The Kier molecular flexibility index (Phi) is 2.83. The molecule has 0 spiro atoms. The summed E-state index contributed by atoms with van der Waals surface area (Å²) in [6, 6.07) is -0.464. The van der Waals surface area contributed by atoms with Crippen LogP contribution in [0.1, 0.15) is 27.2 Å². The van der Waals surface area contributed by atoms with Crippen LogP contribution in [0.5, 0.6) is 0 Å². The summed E-state index contributed by atoms with van der Waals surface area (Å²) >= 11 is 0. The summed E-state index contributed by atoms with van der Waals surface area (Å²) in [7, 11) is 1.34. The van der Waals surface area contributed by atoms with Crippen molar-refractivity contribution in [3.05, 3.63) is 0 Å². The first-order valence-electron chi connectivity index (χ1n) is 4.79. The number of likely N-dealkylation sites (tertiary alicyclic amines) is 1. The summed E-state index contributed by atoms with van der Waals surface area (Å²) < 4.78 is 4.61. The number of ether oxygens (including phenoxy) is 1. The molecule has 80 valence electrons. The summed E-state index contributed by atoms with van der Waals surface area (Å²) in [6.07, 6.45) is 0.799. The molecule has 1 aliphatic heterocycles. The van der Waals surface area contributed by atoms with Crippen LogP contribution in [0.25, 0.3) is 0 Å². The average Bonchev–Trinajstić information content (AvgIpc) is 2.40. The lowest BCUT2D eigenvalue weighted by atomic mass is 9.92. The summed E-state index contributed by atoms with van der Waals surface area (Å²) in [5.74, 6) is -0.313. The Morgan fingerprint density at radius 3 is 2.50 bits per heavy atom. The predicted molar refractivity (Wildman–Crippen MR) is 51.6 cm³/mol. The van der Waals surface area contributed by atoms with Crippen molar-refractivity contribution in [2.24, 2.45) is 5.41 Å². The Bertz CT molecular complexity index is 260. The lowest BCUT2D eigenvalue weighted by molar-refractivity contribution is -0.152. The van der Waals surface area contributed by atoms with E-state index in [1.165, 1.54) is 7.11 Å². The van der Waals surface area contributed by atoms with E-state index in [4.69, 9.17) is 0 Å². The normalized spacial score (nSPS) is 22.3. The second-order valence-electron chi connectivity index (χ2n) is 4.33. The molecular formula is C10H17NO3. The van der Waals surface area contributed by atoms with Crippen molar-refractivity contribution in [2.45, 2.75) is 33.2 Å². The number of carbonyl (C=O) groups is 2. The van der Waals surface area contributed by atoms with E-state index in [-0.39, 0.29) is 17.3 Å². The number of amides is 1. The van der Waals surface area contributed by atoms with Gasteiger partial charge in [-0.25, -0.2) is 4.79 Å². The summed E-state index contributed by atoms with van der Waals surface area (Å²) in [4.78, 5) is 24.6. The van der Waals surface area contributed by atoms with Crippen LogP contribution in [0.15, 0.2) is 0 Å². The lowest BCUT2D eigenvalue weighted by Gasteiger charge is -2.24. The molecule has 0 N–H and O–H groups in total. The smallest absolute Gasteiger partial charge is 0.328 e. The van der Waals surface area contributed by atoms with E-state index in [1.807, 2.05) is 13.8 Å². The minimum absolute atomic E-state index is 0.0374. The molecule has 1 aliphatic rings. The third-order valence-electron chi connectivity index (χ3n) is 2.83. The molecule has 1 amide bonds.